The molecule has 31 heavy (non-hydrogen) atoms. The number of rotatable bonds is 8. The Labute approximate surface area is 186 Å². The van der Waals surface area contributed by atoms with E-state index in [1.165, 1.54) is 29.5 Å². The van der Waals surface area contributed by atoms with Crippen molar-refractivity contribution in [1.29, 1.82) is 0 Å². The first-order valence-corrected chi connectivity index (χ1v) is 11.4. The van der Waals surface area contributed by atoms with Crippen LogP contribution in [0.2, 0.25) is 0 Å². The molecule has 0 saturated carbocycles. The van der Waals surface area contributed by atoms with Gasteiger partial charge in [0.25, 0.3) is 0 Å². The van der Waals surface area contributed by atoms with Gasteiger partial charge in [-0.2, -0.15) is 4.98 Å². The van der Waals surface area contributed by atoms with Crippen LogP contribution in [0.4, 0.5) is 10.1 Å². The fraction of sp³-hybridized carbons (Fsp3) is 0.182. The number of para-hydroxylation sites is 1. The summed E-state index contributed by atoms with van der Waals surface area (Å²) in [5.41, 5.74) is 3.40. The highest BCUT2D eigenvalue weighted by atomic mass is 32.2. The Morgan fingerprint density at radius 1 is 1.16 bits per heavy atom. The van der Waals surface area contributed by atoms with Gasteiger partial charge in [-0.25, -0.2) is 9.37 Å². The van der Waals surface area contributed by atoms with Gasteiger partial charge in [0.2, 0.25) is 11.8 Å². The lowest BCUT2D eigenvalue weighted by molar-refractivity contribution is -0.116. The SMILES string of the molecule is Cc1ccc(-c2csc(SCc3noc(CCC(=O)Nc4ccccc4F)n3)n2)cc1. The number of carbonyl (C=O) groups excluding carboxylic acids is 1. The van der Waals surface area contributed by atoms with Crippen LogP contribution in [0.15, 0.2) is 62.8 Å². The number of nitrogens with zero attached hydrogens (tertiary/aromatic N) is 3. The minimum atomic E-state index is -0.472. The van der Waals surface area contributed by atoms with Gasteiger partial charge in [0.1, 0.15) is 5.82 Å². The van der Waals surface area contributed by atoms with E-state index in [4.69, 9.17) is 4.52 Å². The van der Waals surface area contributed by atoms with Gasteiger partial charge in [0, 0.05) is 23.8 Å². The fourth-order valence-electron chi connectivity index (χ4n) is 2.75. The standard InChI is InChI=1S/C22H19FN4O2S2/c1-14-6-8-15(9-7-14)18-12-30-22(25-18)31-13-19-26-21(29-27-19)11-10-20(28)24-17-5-3-2-4-16(17)23/h2-9,12H,10-11,13H2,1H3,(H,24,28). The smallest absolute Gasteiger partial charge is 0.227 e. The highest BCUT2D eigenvalue weighted by Gasteiger charge is 2.12. The largest absolute Gasteiger partial charge is 0.339 e. The van der Waals surface area contributed by atoms with E-state index in [0.717, 1.165) is 15.6 Å². The number of thioether (sulfide) groups is 1. The van der Waals surface area contributed by atoms with E-state index >= 15 is 0 Å². The van der Waals surface area contributed by atoms with Crippen molar-refractivity contribution in [3.8, 4) is 11.3 Å². The number of amides is 1. The van der Waals surface area contributed by atoms with Crippen molar-refractivity contribution in [2.45, 2.75) is 29.9 Å². The van der Waals surface area contributed by atoms with E-state index in [1.54, 1.807) is 23.5 Å². The molecule has 6 nitrogen and oxygen atoms in total. The second-order valence-electron chi connectivity index (χ2n) is 6.79. The molecule has 158 valence electrons. The Bertz CT molecular complexity index is 1170. The van der Waals surface area contributed by atoms with E-state index < -0.39 is 5.82 Å². The van der Waals surface area contributed by atoms with Gasteiger partial charge >= 0.3 is 0 Å². The van der Waals surface area contributed by atoms with Gasteiger partial charge in [-0.3, -0.25) is 4.79 Å². The van der Waals surface area contributed by atoms with Crippen molar-refractivity contribution in [1.82, 2.24) is 15.1 Å². The summed E-state index contributed by atoms with van der Waals surface area (Å²) in [5.74, 6) is 0.651. The minimum Gasteiger partial charge on any atom is -0.339 e. The van der Waals surface area contributed by atoms with Crippen molar-refractivity contribution in [3.63, 3.8) is 0 Å². The maximum atomic E-state index is 13.6. The summed E-state index contributed by atoms with van der Waals surface area (Å²) < 4.78 is 19.7. The van der Waals surface area contributed by atoms with Crippen LogP contribution in [0.5, 0.6) is 0 Å². The van der Waals surface area contributed by atoms with Crippen LogP contribution in [0.3, 0.4) is 0 Å². The zero-order valence-corrected chi connectivity index (χ0v) is 18.3. The highest BCUT2D eigenvalue weighted by molar-refractivity contribution is 8.00. The Kier molecular flexibility index (Phi) is 6.73. The van der Waals surface area contributed by atoms with Crippen LogP contribution in [0.25, 0.3) is 11.3 Å². The van der Waals surface area contributed by atoms with E-state index in [-0.39, 0.29) is 24.4 Å². The van der Waals surface area contributed by atoms with Crippen molar-refractivity contribution in [2.75, 3.05) is 5.32 Å². The molecule has 2 aromatic heterocycles. The van der Waals surface area contributed by atoms with Gasteiger partial charge in [0.15, 0.2) is 10.2 Å². The second-order valence-corrected chi connectivity index (χ2v) is 8.87. The summed E-state index contributed by atoms with van der Waals surface area (Å²) in [6.45, 7) is 2.06. The lowest BCUT2D eigenvalue weighted by Gasteiger charge is -2.04. The number of halogens is 1. The number of anilines is 1. The number of aryl methyl sites for hydroxylation is 2. The molecule has 0 aliphatic heterocycles. The summed E-state index contributed by atoms with van der Waals surface area (Å²) in [6, 6.07) is 14.3. The van der Waals surface area contributed by atoms with Crippen LogP contribution in [-0.2, 0) is 17.0 Å². The Morgan fingerprint density at radius 2 is 1.97 bits per heavy atom. The number of carbonyl (C=O) groups is 1. The normalized spacial score (nSPS) is 10.9. The monoisotopic (exact) mass is 454 g/mol. The molecule has 4 rings (SSSR count). The van der Waals surface area contributed by atoms with Gasteiger partial charge in [-0.05, 0) is 19.1 Å². The number of hydrogen-bond donors (Lipinski definition) is 1. The summed E-state index contributed by atoms with van der Waals surface area (Å²) >= 11 is 3.11. The summed E-state index contributed by atoms with van der Waals surface area (Å²) in [4.78, 5) is 21.0. The molecular weight excluding hydrogens is 435 g/mol. The molecule has 0 fully saturated rings. The molecule has 0 atom stereocenters. The lowest BCUT2D eigenvalue weighted by Crippen LogP contribution is -2.13. The van der Waals surface area contributed by atoms with Crippen LogP contribution >= 0.6 is 23.1 Å². The van der Waals surface area contributed by atoms with E-state index in [9.17, 15) is 9.18 Å². The third-order valence-electron chi connectivity index (χ3n) is 4.38. The van der Waals surface area contributed by atoms with Crippen molar-refractivity contribution in [3.05, 3.63) is 77.0 Å². The Balaban J connectivity index is 1.26. The van der Waals surface area contributed by atoms with Gasteiger partial charge < -0.3 is 9.84 Å². The molecule has 0 aliphatic rings. The molecule has 0 bridgehead atoms. The molecule has 2 heterocycles. The summed E-state index contributed by atoms with van der Waals surface area (Å²) in [6.07, 6.45) is 0.405. The molecule has 0 saturated heterocycles. The molecule has 1 amide bonds. The van der Waals surface area contributed by atoms with Gasteiger partial charge in [-0.15, -0.1) is 11.3 Å². The first-order chi connectivity index (χ1) is 15.1. The number of hydrogen-bond acceptors (Lipinski definition) is 7. The molecule has 4 aromatic rings. The zero-order valence-electron chi connectivity index (χ0n) is 16.7. The average Bonchev–Trinajstić information content (AvgIpc) is 3.42. The highest BCUT2D eigenvalue weighted by Crippen LogP contribution is 2.30. The molecular formula is C22H19FN4O2S2. The van der Waals surface area contributed by atoms with Gasteiger partial charge in [0.05, 0.1) is 17.1 Å². The molecule has 0 radical (unpaired) electrons. The van der Waals surface area contributed by atoms with Crippen LogP contribution in [0, 0.1) is 12.7 Å². The molecule has 0 aliphatic carbocycles. The number of nitrogens with one attached hydrogen (secondary N) is 1. The predicted octanol–water partition coefficient (Wildman–Crippen LogP) is 5.50. The summed E-state index contributed by atoms with van der Waals surface area (Å²) in [7, 11) is 0. The number of benzene rings is 2. The number of aromatic nitrogens is 3. The lowest BCUT2D eigenvalue weighted by atomic mass is 10.1. The van der Waals surface area contributed by atoms with Crippen LogP contribution in [-0.4, -0.2) is 21.0 Å². The van der Waals surface area contributed by atoms with Gasteiger partial charge in [-0.1, -0.05) is 58.9 Å². The fourth-order valence-corrected chi connectivity index (χ4v) is 4.43. The topological polar surface area (TPSA) is 80.9 Å². The third-order valence-corrected chi connectivity index (χ3v) is 6.40. The maximum absolute atomic E-state index is 13.6. The minimum absolute atomic E-state index is 0.121. The quantitative estimate of drug-likeness (QED) is 0.354. The third kappa shape index (κ3) is 5.77. The molecule has 0 spiro atoms. The van der Waals surface area contributed by atoms with E-state index in [0.29, 0.717) is 17.5 Å². The predicted molar refractivity (Wildman–Crippen MR) is 119 cm³/mol. The number of thiazole rings is 1. The van der Waals surface area contributed by atoms with Crippen molar-refractivity contribution >= 4 is 34.7 Å². The van der Waals surface area contributed by atoms with E-state index in [1.807, 2.05) is 5.38 Å². The maximum Gasteiger partial charge on any atom is 0.227 e. The molecule has 0 unspecified atom stereocenters. The van der Waals surface area contributed by atoms with Crippen molar-refractivity contribution in [2.24, 2.45) is 0 Å². The van der Waals surface area contributed by atoms with Crippen molar-refractivity contribution < 1.29 is 13.7 Å². The first-order valence-electron chi connectivity index (χ1n) is 9.58. The van der Waals surface area contributed by atoms with Crippen LogP contribution in [0.1, 0.15) is 23.7 Å². The molecule has 9 heteroatoms. The second kappa shape index (κ2) is 9.84. The Morgan fingerprint density at radius 3 is 2.77 bits per heavy atom. The summed E-state index contributed by atoms with van der Waals surface area (Å²) in [5, 5.41) is 8.53. The molecule has 1 N–H and O–H groups in total. The average molecular weight is 455 g/mol. The van der Waals surface area contributed by atoms with Crippen LogP contribution < -0.4 is 5.32 Å². The Hall–Kier alpha value is -3.04. The zero-order chi connectivity index (χ0) is 21.6. The molecule has 2 aromatic carbocycles. The first kappa shape index (κ1) is 21.2. The van der Waals surface area contributed by atoms with E-state index in [2.05, 4.69) is 51.6 Å².